The first-order chi connectivity index (χ1) is 9.67. The number of rotatable bonds is 4. The predicted octanol–water partition coefficient (Wildman–Crippen LogP) is 4.20. The Bertz CT molecular complexity index is 255. The van der Waals surface area contributed by atoms with Gasteiger partial charge in [0.25, 0.3) is 0 Å². The molecule has 0 aromatic rings. The second-order valence-corrected chi connectivity index (χ2v) is 6.31. The van der Waals surface area contributed by atoms with E-state index in [0.717, 1.165) is 12.0 Å². The summed E-state index contributed by atoms with van der Waals surface area (Å²) in [5.74, 6) is 0. The zero-order chi connectivity index (χ0) is 15.1. The van der Waals surface area contributed by atoms with Gasteiger partial charge in [0.1, 0.15) is 0 Å². The van der Waals surface area contributed by atoms with E-state index in [-0.39, 0.29) is 0 Å². The van der Waals surface area contributed by atoms with Crippen molar-refractivity contribution in [3.05, 3.63) is 0 Å². The van der Waals surface area contributed by atoms with Gasteiger partial charge >= 0.3 is 0 Å². The van der Waals surface area contributed by atoms with Crippen LogP contribution in [0.1, 0.15) is 52.4 Å². The molecule has 0 unspecified atom stereocenters. The van der Waals surface area contributed by atoms with Gasteiger partial charge < -0.3 is 9.64 Å². The smallest absolute Gasteiger partial charge is 0.229 e. The number of hydrogen-bond acceptors (Lipinski definition) is 2. The third-order valence-corrected chi connectivity index (χ3v) is 4.84. The Kier molecular flexibility index (Phi) is 7.38. The van der Waals surface area contributed by atoms with Crippen LogP contribution in [0.15, 0.2) is 0 Å². The van der Waals surface area contributed by atoms with Crippen LogP contribution in [0.5, 0.6) is 0 Å². The molecule has 1 saturated heterocycles. The quantitative estimate of drug-likeness (QED) is 0.770. The second-order valence-electron chi connectivity index (χ2n) is 6.31. The third-order valence-electron chi connectivity index (χ3n) is 4.84. The highest BCUT2D eigenvalue weighted by atomic mass is 19.3. The predicted molar refractivity (Wildman–Crippen MR) is 79.3 cm³/mol. The number of piperidine rings is 1. The molecular weight excluding hydrogens is 260 g/mol. The normalized spacial score (nSPS) is 25.1. The molecule has 0 atom stereocenters. The Morgan fingerprint density at radius 1 is 0.950 bits per heavy atom. The molecule has 1 spiro atoms. The van der Waals surface area contributed by atoms with Crippen LogP contribution in [-0.2, 0) is 4.74 Å². The highest BCUT2D eigenvalue weighted by Crippen LogP contribution is 2.54. The first kappa shape index (κ1) is 17.8. The first-order valence-corrected chi connectivity index (χ1v) is 8.01. The lowest BCUT2D eigenvalue weighted by molar-refractivity contribution is 0.0876. The largest absolute Gasteiger partial charge is 0.384 e. The van der Waals surface area contributed by atoms with Gasteiger partial charge in [-0.1, -0.05) is 13.8 Å². The van der Waals surface area contributed by atoms with Gasteiger partial charge in [0.15, 0.2) is 0 Å². The molecule has 0 radical (unpaired) electrons. The molecule has 4 heteroatoms. The fourth-order valence-corrected chi connectivity index (χ4v) is 3.17. The summed E-state index contributed by atoms with van der Waals surface area (Å²) in [6, 6.07) is 0. The van der Waals surface area contributed by atoms with Crippen LogP contribution in [0.3, 0.4) is 0 Å². The number of ether oxygens (including phenoxy) is 1. The average Bonchev–Trinajstić information content (AvgIpc) is 3.37. The van der Waals surface area contributed by atoms with Crippen molar-refractivity contribution in [1.82, 2.24) is 4.90 Å². The molecule has 1 aliphatic heterocycles. The van der Waals surface area contributed by atoms with E-state index in [2.05, 4.69) is 4.90 Å². The van der Waals surface area contributed by atoms with Crippen LogP contribution in [0, 0.1) is 10.8 Å². The van der Waals surface area contributed by atoms with Crippen molar-refractivity contribution in [2.45, 2.75) is 52.4 Å². The number of likely N-dealkylation sites (tertiary alicyclic amines) is 1. The van der Waals surface area contributed by atoms with Crippen LogP contribution in [0.2, 0.25) is 0 Å². The lowest BCUT2D eigenvalue weighted by atomic mass is 9.93. The molecule has 2 aliphatic carbocycles. The molecule has 2 saturated carbocycles. The summed E-state index contributed by atoms with van der Waals surface area (Å²) < 4.78 is 24.6. The van der Waals surface area contributed by atoms with Crippen molar-refractivity contribution in [3.8, 4) is 0 Å². The number of hydrogen-bond donors (Lipinski definition) is 0. The van der Waals surface area contributed by atoms with Crippen LogP contribution >= 0.6 is 0 Å². The van der Waals surface area contributed by atoms with Crippen LogP contribution in [0.25, 0.3) is 0 Å². The van der Waals surface area contributed by atoms with Gasteiger partial charge in [-0.05, 0) is 57.0 Å². The summed E-state index contributed by atoms with van der Waals surface area (Å²) >= 11 is 0. The Balaban J connectivity index is 0.000000357. The van der Waals surface area contributed by atoms with Gasteiger partial charge in [0.2, 0.25) is 6.93 Å². The summed E-state index contributed by atoms with van der Waals surface area (Å²) in [5.41, 5.74) is 1.39. The van der Waals surface area contributed by atoms with Gasteiger partial charge in [-0.25, -0.2) is 8.78 Å². The van der Waals surface area contributed by atoms with E-state index in [9.17, 15) is 8.78 Å². The number of alkyl halides is 2. The topological polar surface area (TPSA) is 12.5 Å². The van der Waals surface area contributed by atoms with E-state index < -0.39 is 6.93 Å². The van der Waals surface area contributed by atoms with Crippen LogP contribution in [0.4, 0.5) is 8.78 Å². The molecule has 0 amide bonds. The van der Waals surface area contributed by atoms with Crippen molar-refractivity contribution in [1.29, 1.82) is 0 Å². The van der Waals surface area contributed by atoms with Crippen molar-refractivity contribution >= 4 is 0 Å². The molecule has 0 aromatic heterocycles. The minimum atomic E-state index is -1.75. The van der Waals surface area contributed by atoms with E-state index >= 15 is 0 Å². The van der Waals surface area contributed by atoms with Crippen molar-refractivity contribution in [2.24, 2.45) is 10.8 Å². The SMILES string of the molecule is CC.COCC1(CN2CCC3(CC2)CC3)CC1.FCF. The van der Waals surface area contributed by atoms with E-state index in [1.807, 2.05) is 21.0 Å². The lowest BCUT2D eigenvalue weighted by Gasteiger charge is -2.34. The maximum absolute atomic E-state index is 9.62. The van der Waals surface area contributed by atoms with Crippen molar-refractivity contribution in [3.63, 3.8) is 0 Å². The van der Waals surface area contributed by atoms with E-state index in [0.29, 0.717) is 5.41 Å². The minimum absolute atomic E-state index is 0.558. The number of methoxy groups -OCH3 is 1. The highest BCUT2D eigenvalue weighted by molar-refractivity contribution is 5.00. The molecule has 0 N–H and O–H groups in total. The average molecular weight is 291 g/mol. The Morgan fingerprint density at radius 2 is 1.45 bits per heavy atom. The van der Waals surface area contributed by atoms with E-state index in [1.165, 1.54) is 58.2 Å². The maximum Gasteiger partial charge on any atom is 0.229 e. The molecule has 1 heterocycles. The van der Waals surface area contributed by atoms with Gasteiger partial charge in [-0.15, -0.1) is 0 Å². The number of halogens is 2. The molecule has 0 aromatic carbocycles. The molecular formula is C16H31F2NO. The minimum Gasteiger partial charge on any atom is -0.384 e. The van der Waals surface area contributed by atoms with E-state index in [4.69, 9.17) is 4.74 Å². The fourth-order valence-electron chi connectivity index (χ4n) is 3.17. The summed E-state index contributed by atoms with van der Waals surface area (Å²) in [5, 5.41) is 0. The van der Waals surface area contributed by atoms with Crippen LogP contribution in [-0.4, -0.2) is 45.2 Å². The second kappa shape index (κ2) is 8.28. The monoisotopic (exact) mass is 291 g/mol. The maximum atomic E-state index is 9.62. The van der Waals surface area contributed by atoms with Gasteiger partial charge in [-0.2, -0.15) is 0 Å². The molecule has 20 heavy (non-hydrogen) atoms. The van der Waals surface area contributed by atoms with Gasteiger partial charge in [0, 0.05) is 19.1 Å². The molecule has 2 nitrogen and oxygen atoms in total. The highest BCUT2D eigenvalue weighted by Gasteiger charge is 2.48. The zero-order valence-electron chi connectivity index (χ0n) is 13.4. The zero-order valence-corrected chi connectivity index (χ0v) is 13.4. The molecule has 3 fully saturated rings. The Morgan fingerprint density at radius 3 is 1.80 bits per heavy atom. The van der Waals surface area contributed by atoms with Crippen LogP contribution < -0.4 is 0 Å². The summed E-state index contributed by atoms with van der Waals surface area (Å²) in [6.45, 7) is 7.24. The van der Waals surface area contributed by atoms with E-state index in [1.54, 1.807) is 0 Å². The summed E-state index contributed by atoms with van der Waals surface area (Å²) in [7, 11) is 1.84. The van der Waals surface area contributed by atoms with Crippen molar-refractivity contribution < 1.29 is 13.5 Å². The summed E-state index contributed by atoms with van der Waals surface area (Å²) in [6.07, 6.45) is 8.76. The Hall–Kier alpha value is -0.220. The standard InChI is InChI=1S/C13H23NO.C2H6.CH2F2/c1-15-11-13(4-5-13)10-14-8-6-12(2-3-12)7-9-14;1-2;2-1-3/h2-11H2,1H3;1-2H3;1H2. The first-order valence-electron chi connectivity index (χ1n) is 8.01. The molecule has 120 valence electrons. The molecule has 3 aliphatic rings. The Labute approximate surface area is 122 Å². The molecule has 3 rings (SSSR count). The summed E-state index contributed by atoms with van der Waals surface area (Å²) in [4.78, 5) is 2.69. The fraction of sp³-hybridized carbons (Fsp3) is 1.00. The van der Waals surface area contributed by atoms with Gasteiger partial charge in [0.05, 0.1) is 6.61 Å². The number of nitrogens with zero attached hydrogens (tertiary/aromatic N) is 1. The molecule has 0 bridgehead atoms. The third kappa shape index (κ3) is 5.28. The van der Waals surface area contributed by atoms with Gasteiger partial charge in [-0.3, -0.25) is 0 Å². The van der Waals surface area contributed by atoms with Crippen molar-refractivity contribution in [2.75, 3.05) is 40.3 Å². The lowest BCUT2D eigenvalue weighted by Crippen LogP contribution is -2.39.